The highest BCUT2D eigenvalue weighted by Gasteiger charge is 2.24. The number of nitrogens with zero attached hydrogens (tertiary/aromatic N) is 1. The Labute approximate surface area is 96.7 Å². The molecule has 0 atom stereocenters. The van der Waals surface area contributed by atoms with E-state index >= 15 is 0 Å². The Morgan fingerprint density at radius 2 is 2.44 bits per heavy atom. The van der Waals surface area contributed by atoms with E-state index in [9.17, 15) is 4.79 Å². The van der Waals surface area contributed by atoms with Crippen LogP contribution in [0.3, 0.4) is 0 Å². The maximum absolute atomic E-state index is 11.7. The molecule has 3 rings (SSSR count). The first-order valence-corrected chi connectivity index (χ1v) is 6.11. The lowest BCUT2D eigenvalue weighted by Gasteiger charge is -1.97. The molecule has 5 heteroatoms. The highest BCUT2D eigenvalue weighted by molar-refractivity contribution is 7.13. The van der Waals surface area contributed by atoms with Gasteiger partial charge >= 0.3 is 0 Å². The molecule has 1 amide bonds. The fraction of sp³-hybridized carbons (Fsp3) is 0.273. The Hall–Kier alpha value is -1.62. The van der Waals surface area contributed by atoms with Gasteiger partial charge in [-0.1, -0.05) is 6.07 Å². The van der Waals surface area contributed by atoms with Crippen molar-refractivity contribution in [3.05, 3.63) is 29.3 Å². The number of hydrogen-bond donors (Lipinski definition) is 2. The maximum atomic E-state index is 11.7. The molecule has 4 nitrogen and oxygen atoms in total. The summed E-state index contributed by atoms with van der Waals surface area (Å²) in [5.74, 6) is -0.0819. The van der Waals surface area contributed by atoms with Crippen LogP contribution in [0.4, 0.5) is 0 Å². The Morgan fingerprint density at radius 3 is 3.12 bits per heavy atom. The molecule has 16 heavy (non-hydrogen) atoms. The van der Waals surface area contributed by atoms with Crippen LogP contribution in [0, 0.1) is 0 Å². The molecule has 0 saturated heterocycles. The molecule has 0 unspecified atom stereocenters. The van der Waals surface area contributed by atoms with Crippen LogP contribution in [0.2, 0.25) is 0 Å². The minimum atomic E-state index is -0.0819. The van der Waals surface area contributed by atoms with Gasteiger partial charge in [-0.05, 0) is 30.4 Å². The Balaban J connectivity index is 1.79. The number of thiophene rings is 1. The third kappa shape index (κ3) is 1.86. The Bertz CT molecular complexity index is 499. The topological polar surface area (TPSA) is 57.8 Å². The van der Waals surface area contributed by atoms with Gasteiger partial charge in [-0.3, -0.25) is 9.89 Å². The molecular weight excluding hydrogens is 222 g/mol. The number of aromatic amines is 1. The van der Waals surface area contributed by atoms with Crippen LogP contribution in [0.15, 0.2) is 23.6 Å². The zero-order valence-electron chi connectivity index (χ0n) is 8.56. The normalized spacial score (nSPS) is 15.0. The first-order chi connectivity index (χ1) is 7.83. The van der Waals surface area contributed by atoms with E-state index in [1.165, 1.54) is 0 Å². The van der Waals surface area contributed by atoms with Crippen molar-refractivity contribution in [1.29, 1.82) is 0 Å². The Kier molecular flexibility index (Phi) is 2.25. The number of rotatable bonds is 3. The molecule has 2 heterocycles. The molecule has 2 N–H and O–H groups in total. The number of carbonyl (C=O) groups is 1. The number of hydrogen-bond acceptors (Lipinski definition) is 3. The first-order valence-electron chi connectivity index (χ1n) is 5.23. The summed E-state index contributed by atoms with van der Waals surface area (Å²) < 4.78 is 0. The van der Waals surface area contributed by atoms with Crippen LogP contribution in [-0.4, -0.2) is 22.1 Å². The predicted octanol–water partition coefficient (Wildman–Crippen LogP) is 2.03. The second kappa shape index (κ2) is 3.75. The van der Waals surface area contributed by atoms with Gasteiger partial charge in [-0.25, -0.2) is 0 Å². The van der Waals surface area contributed by atoms with Gasteiger partial charge in [0.15, 0.2) is 5.69 Å². The predicted molar refractivity (Wildman–Crippen MR) is 62.4 cm³/mol. The molecule has 82 valence electrons. The minimum Gasteiger partial charge on any atom is -0.348 e. The van der Waals surface area contributed by atoms with E-state index in [1.807, 2.05) is 17.5 Å². The van der Waals surface area contributed by atoms with Gasteiger partial charge in [0.2, 0.25) is 0 Å². The SMILES string of the molecule is O=C(NC1CC1)c1cc(-c2cccs2)[nH]n1. The van der Waals surface area contributed by atoms with Gasteiger partial charge in [0.05, 0.1) is 10.6 Å². The molecule has 1 aliphatic rings. The van der Waals surface area contributed by atoms with E-state index in [0.29, 0.717) is 11.7 Å². The summed E-state index contributed by atoms with van der Waals surface area (Å²) in [5.41, 5.74) is 1.37. The molecular formula is C11H11N3OS. The monoisotopic (exact) mass is 233 g/mol. The number of aromatic nitrogens is 2. The molecule has 0 radical (unpaired) electrons. The highest BCUT2D eigenvalue weighted by atomic mass is 32.1. The number of H-pyrrole nitrogens is 1. The first kappa shape index (κ1) is 9.59. The summed E-state index contributed by atoms with van der Waals surface area (Å²) in [5, 5.41) is 11.8. The molecule has 1 fully saturated rings. The van der Waals surface area contributed by atoms with E-state index in [1.54, 1.807) is 17.4 Å². The Morgan fingerprint density at radius 1 is 1.56 bits per heavy atom. The van der Waals surface area contributed by atoms with Crippen molar-refractivity contribution in [1.82, 2.24) is 15.5 Å². The van der Waals surface area contributed by atoms with Crippen LogP contribution >= 0.6 is 11.3 Å². The summed E-state index contributed by atoms with van der Waals surface area (Å²) in [6.07, 6.45) is 2.18. The molecule has 0 spiro atoms. The average molecular weight is 233 g/mol. The highest BCUT2D eigenvalue weighted by Crippen LogP contribution is 2.23. The van der Waals surface area contributed by atoms with E-state index < -0.39 is 0 Å². The van der Waals surface area contributed by atoms with Crippen molar-refractivity contribution < 1.29 is 4.79 Å². The molecule has 1 aliphatic carbocycles. The standard InChI is InChI=1S/C11H11N3OS/c15-11(12-7-3-4-7)9-6-8(13-14-9)10-2-1-5-16-10/h1-2,5-7H,3-4H2,(H,12,15)(H,13,14). The summed E-state index contributed by atoms with van der Waals surface area (Å²) in [6, 6.07) is 6.14. The third-order valence-electron chi connectivity index (χ3n) is 2.51. The average Bonchev–Trinajstić information content (AvgIpc) is 2.84. The summed E-state index contributed by atoms with van der Waals surface area (Å²) in [4.78, 5) is 12.8. The summed E-state index contributed by atoms with van der Waals surface area (Å²) >= 11 is 1.62. The fourth-order valence-electron chi connectivity index (χ4n) is 1.48. The van der Waals surface area contributed by atoms with Gasteiger partial charge in [0.25, 0.3) is 5.91 Å². The van der Waals surface area contributed by atoms with Crippen molar-refractivity contribution in [2.24, 2.45) is 0 Å². The van der Waals surface area contributed by atoms with E-state index in [4.69, 9.17) is 0 Å². The van der Waals surface area contributed by atoms with E-state index in [0.717, 1.165) is 23.4 Å². The van der Waals surface area contributed by atoms with Gasteiger partial charge in [-0.15, -0.1) is 11.3 Å². The number of carbonyl (C=O) groups excluding carboxylic acids is 1. The van der Waals surface area contributed by atoms with Crippen molar-refractivity contribution in [2.75, 3.05) is 0 Å². The molecule has 1 saturated carbocycles. The molecule has 2 aromatic rings. The molecule has 0 aromatic carbocycles. The number of amides is 1. The third-order valence-corrected chi connectivity index (χ3v) is 3.41. The van der Waals surface area contributed by atoms with Gasteiger partial charge in [0, 0.05) is 6.04 Å². The quantitative estimate of drug-likeness (QED) is 0.852. The fourth-order valence-corrected chi connectivity index (χ4v) is 2.18. The van der Waals surface area contributed by atoms with Crippen LogP contribution < -0.4 is 5.32 Å². The minimum absolute atomic E-state index is 0.0819. The second-order valence-electron chi connectivity index (χ2n) is 3.89. The smallest absolute Gasteiger partial charge is 0.272 e. The molecule has 2 aromatic heterocycles. The van der Waals surface area contributed by atoms with Crippen molar-refractivity contribution in [2.45, 2.75) is 18.9 Å². The van der Waals surface area contributed by atoms with Crippen LogP contribution in [0.1, 0.15) is 23.3 Å². The van der Waals surface area contributed by atoms with Crippen LogP contribution in [0.25, 0.3) is 10.6 Å². The number of nitrogens with one attached hydrogen (secondary N) is 2. The van der Waals surface area contributed by atoms with Crippen molar-refractivity contribution in [3.8, 4) is 10.6 Å². The lowest BCUT2D eigenvalue weighted by atomic mass is 10.3. The zero-order valence-corrected chi connectivity index (χ0v) is 9.38. The van der Waals surface area contributed by atoms with E-state index in [-0.39, 0.29) is 5.91 Å². The van der Waals surface area contributed by atoms with Gasteiger partial charge in [-0.2, -0.15) is 5.10 Å². The lowest BCUT2D eigenvalue weighted by Crippen LogP contribution is -2.25. The van der Waals surface area contributed by atoms with Gasteiger partial charge in [0.1, 0.15) is 0 Å². The molecule has 0 bridgehead atoms. The second-order valence-corrected chi connectivity index (χ2v) is 4.84. The van der Waals surface area contributed by atoms with Gasteiger partial charge < -0.3 is 5.32 Å². The van der Waals surface area contributed by atoms with Crippen LogP contribution in [0.5, 0.6) is 0 Å². The van der Waals surface area contributed by atoms with Crippen molar-refractivity contribution in [3.63, 3.8) is 0 Å². The van der Waals surface area contributed by atoms with Crippen molar-refractivity contribution >= 4 is 17.2 Å². The lowest BCUT2D eigenvalue weighted by molar-refractivity contribution is 0.0946. The van der Waals surface area contributed by atoms with E-state index in [2.05, 4.69) is 15.5 Å². The zero-order chi connectivity index (χ0) is 11.0. The summed E-state index contributed by atoms with van der Waals surface area (Å²) in [6.45, 7) is 0. The maximum Gasteiger partial charge on any atom is 0.272 e. The summed E-state index contributed by atoms with van der Waals surface area (Å²) in [7, 11) is 0. The largest absolute Gasteiger partial charge is 0.348 e. The van der Waals surface area contributed by atoms with Crippen LogP contribution in [-0.2, 0) is 0 Å². The molecule has 0 aliphatic heterocycles.